The third kappa shape index (κ3) is 4.19. The Morgan fingerprint density at radius 1 is 1.25 bits per heavy atom. The molecule has 1 rings (SSSR count). The van der Waals surface area contributed by atoms with Gasteiger partial charge >= 0.3 is 0 Å². The highest BCUT2D eigenvalue weighted by Gasteiger charge is 2.09. The Bertz CT molecular complexity index is 346. The zero-order chi connectivity index (χ0) is 11.1. The van der Waals surface area contributed by atoms with Gasteiger partial charge < -0.3 is 11.5 Å². The molecule has 0 saturated carbocycles. The minimum absolute atomic E-state index is 0. The van der Waals surface area contributed by atoms with E-state index < -0.39 is 0 Å². The van der Waals surface area contributed by atoms with Crippen molar-refractivity contribution in [2.45, 2.75) is 25.3 Å². The Hall–Kier alpha value is -1.08. The number of nitriles is 1. The van der Waals surface area contributed by atoms with Gasteiger partial charge in [0.15, 0.2) is 0 Å². The van der Waals surface area contributed by atoms with E-state index in [9.17, 15) is 0 Å². The average Bonchev–Trinajstić information content (AvgIpc) is 2.29. The number of nitrogens with two attached hydrogens (primary N) is 2. The fourth-order valence-corrected chi connectivity index (χ4v) is 1.59. The molecule has 0 aliphatic rings. The third-order valence-corrected chi connectivity index (χ3v) is 2.45. The second-order valence-corrected chi connectivity index (χ2v) is 3.59. The van der Waals surface area contributed by atoms with Crippen molar-refractivity contribution in [2.75, 3.05) is 6.54 Å². The molecule has 1 aromatic rings. The van der Waals surface area contributed by atoms with Crippen LogP contribution < -0.4 is 11.5 Å². The summed E-state index contributed by atoms with van der Waals surface area (Å²) in [5.74, 6) is 0. The number of hydrogen-bond acceptors (Lipinski definition) is 3. The van der Waals surface area contributed by atoms with Crippen molar-refractivity contribution >= 4 is 12.4 Å². The lowest BCUT2D eigenvalue weighted by Gasteiger charge is -2.12. The van der Waals surface area contributed by atoms with E-state index in [4.69, 9.17) is 16.7 Å². The van der Waals surface area contributed by atoms with Gasteiger partial charge in [0.05, 0.1) is 11.6 Å². The average molecular weight is 240 g/mol. The van der Waals surface area contributed by atoms with Crippen LogP contribution in [0, 0.1) is 11.3 Å². The van der Waals surface area contributed by atoms with Gasteiger partial charge in [-0.05, 0) is 31.0 Å². The lowest BCUT2D eigenvalue weighted by atomic mass is 9.97. The summed E-state index contributed by atoms with van der Waals surface area (Å²) in [5, 5.41) is 8.91. The van der Waals surface area contributed by atoms with E-state index >= 15 is 0 Å². The van der Waals surface area contributed by atoms with Crippen LogP contribution in [0.3, 0.4) is 0 Å². The molecule has 0 aliphatic carbocycles. The molecule has 3 nitrogen and oxygen atoms in total. The number of rotatable bonds is 5. The van der Waals surface area contributed by atoms with Crippen molar-refractivity contribution in [3.8, 4) is 6.07 Å². The second-order valence-electron chi connectivity index (χ2n) is 3.59. The van der Waals surface area contributed by atoms with Crippen LogP contribution in [-0.4, -0.2) is 6.54 Å². The highest BCUT2D eigenvalue weighted by Crippen LogP contribution is 2.19. The van der Waals surface area contributed by atoms with E-state index in [2.05, 4.69) is 6.07 Å². The minimum atomic E-state index is -0.0487. The monoisotopic (exact) mass is 239 g/mol. The molecular formula is C12H18ClN3. The predicted molar refractivity (Wildman–Crippen MR) is 68.2 cm³/mol. The van der Waals surface area contributed by atoms with Crippen LogP contribution in [0.25, 0.3) is 0 Å². The summed E-state index contributed by atoms with van der Waals surface area (Å²) < 4.78 is 0. The predicted octanol–water partition coefficient (Wildman–Crippen LogP) is 2.11. The van der Waals surface area contributed by atoms with Crippen molar-refractivity contribution in [1.29, 1.82) is 5.26 Å². The van der Waals surface area contributed by atoms with E-state index in [1.165, 1.54) is 0 Å². The highest BCUT2D eigenvalue weighted by atomic mass is 35.5. The summed E-state index contributed by atoms with van der Waals surface area (Å²) in [6.45, 7) is 0.701. The molecule has 0 spiro atoms. The van der Waals surface area contributed by atoms with Crippen molar-refractivity contribution in [3.05, 3.63) is 35.4 Å². The Balaban J connectivity index is 0.00000225. The summed E-state index contributed by atoms with van der Waals surface area (Å²) in [5.41, 5.74) is 13.1. The second kappa shape index (κ2) is 8.12. The molecule has 0 amide bonds. The first-order valence-electron chi connectivity index (χ1n) is 5.24. The fourth-order valence-electron chi connectivity index (χ4n) is 1.59. The SMILES string of the molecule is Cl.N#Cc1ccccc1[C@@H](N)CCCCN. The summed E-state index contributed by atoms with van der Waals surface area (Å²) in [6, 6.07) is 9.61. The Kier molecular flexibility index (Phi) is 7.57. The Labute approximate surface area is 103 Å². The smallest absolute Gasteiger partial charge is 0.0995 e. The van der Waals surface area contributed by atoms with Gasteiger partial charge in [0, 0.05) is 6.04 Å². The van der Waals surface area contributed by atoms with Crippen LogP contribution in [0.15, 0.2) is 24.3 Å². The standard InChI is InChI=1S/C12H17N3.ClH/c13-8-4-3-7-12(15)11-6-2-1-5-10(11)9-14;/h1-2,5-6,12H,3-4,7-8,13,15H2;1H/t12-;/m0./s1. The number of benzene rings is 1. The molecule has 0 aromatic heterocycles. The number of nitrogens with zero attached hydrogens (tertiary/aromatic N) is 1. The number of hydrogen-bond donors (Lipinski definition) is 2. The van der Waals surface area contributed by atoms with Crippen molar-refractivity contribution in [1.82, 2.24) is 0 Å². The largest absolute Gasteiger partial charge is 0.330 e. The Morgan fingerprint density at radius 2 is 1.94 bits per heavy atom. The van der Waals surface area contributed by atoms with E-state index in [0.717, 1.165) is 24.8 Å². The lowest BCUT2D eigenvalue weighted by molar-refractivity contribution is 0.590. The zero-order valence-corrected chi connectivity index (χ0v) is 10.0. The molecule has 0 saturated heterocycles. The molecule has 0 unspecified atom stereocenters. The van der Waals surface area contributed by atoms with Crippen LogP contribution in [0.2, 0.25) is 0 Å². The summed E-state index contributed by atoms with van der Waals surface area (Å²) in [7, 11) is 0. The summed E-state index contributed by atoms with van der Waals surface area (Å²) in [4.78, 5) is 0. The molecule has 4 heteroatoms. The van der Waals surface area contributed by atoms with E-state index in [1.54, 1.807) is 6.07 Å². The lowest BCUT2D eigenvalue weighted by Crippen LogP contribution is -2.12. The molecular weight excluding hydrogens is 222 g/mol. The van der Waals surface area contributed by atoms with Crippen LogP contribution in [0.1, 0.15) is 36.4 Å². The van der Waals surface area contributed by atoms with Crippen molar-refractivity contribution in [3.63, 3.8) is 0 Å². The normalized spacial score (nSPS) is 11.3. The van der Waals surface area contributed by atoms with Crippen molar-refractivity contribution < 1.29 is 0 Å². The van der Waals surface area contributed by atoms with Gasteiger partial charge in [-0.2, -0.15) is 5.26 Å². The molecule has 0 radical (unpaired) electrons. The molecule has 1 aromatic carbocycles. The zero-order valence-electron chi connectivity index (χ0n) is 9.23. The molecule has 16 heavy (non-hydrogen) atoms. The van der Waals surface area contributed by atoms with Gasteiger partial charge in [-0.25, -0.2) is 0 Å². The topological polar surface area (TPSA) is 75.8 Å². The van der Waals surface area contributed by atoms with Crippen molar-refractivity contribution in [2.24, 2.45) is 11.5 Å². The first-order chi connectivity index (χ1) is 7.29. The molecule has 0 fully saturated rings. The van der Waals surface area contributed by atoms with Crippen LogP contribution in [0.5, 0.6) is 0 Å². The minimum Gasteiger partial charge on any atom is -0.330 e. The molecule has 88 valence electrons. The number of halogens is 1. The molecule has 0 heterocycles. The van der Waals surface area contributed by atoms with Crippen LogP contribution in [-0.2, 0) is 0 Å². The first kappa shape index (κ1) is 14.9. The van der Waals surface area contributed by atoms with E-state index in [1.807, 2.05) is 18.2 Å². The maximum Gasteiger partial charge on any atom is 0.0995 e. The first-order valence-corrected chi connectivity index (χ1v) is 5.24. The highest BCUT2D eigenvalue weighted by molar-refractivity contribution is 5.85. The maximum atomic E-state index is 8.91. The van der Waals surface area contributed by atoms with Gasteiger partial charge in [0.1, 0.15) is 0 Å². The van der Waals surface area contributed by atoms with Gasteiger partial charge in [-0.15, -0.1) is 12.4 Å². The Morgan fingerprint density at radius 3 is 2.56 bits per heavy atom. The summed E-state index contributed by atoms with van der Waals surface area (Å²) >= 11 is 0. The van der Waals surface area contributed by atoms with Gasteiger partial charge in [0.25, 0.3) is 0 Å². The van der Waals surface area contributed by atoms with Gasteiger partial charge in [-0.3, -0.25) is 0 Å². The fraction of sp³-hybridized carbons (Fsp3) is 0.417. The summed E-state index contributed by atoms with van der Waals surface area (Å²) in [6.07, 6.45) is 2.88. The number of unbranched alkanes of at least 4 members (excludes halogenated alkanes) is 1. The van der Waals surface area contributed by atoms with E-state index in [-0.39, 0.29) is 18.4 Å². The van der Waals surface area contributed by atoms with Crippen LogP contribution in [0.4, 0.5) is 0 Å². The molecule has 4 N–H and O–H groups in total. The molecule has 1 atom stereocenters. The van der Waals surface area contributed by atoms with Gasteiger partial charge in [0.2, 0.25) is 0 Å². The quantitative estimate of drug-likeness (QED) is 0.773. The van der Waals surface area contributed by atoms with Gasteiger partial charge in [-0.1, -0.05) is 24.6 Å². The third-order valence-electron chi connectivity index (χ3n) is 2.45. The molecule has 0 bridgehead atoms. The molecule has 0 aliphatic heterocycles. The van der Waals surface area contributed by atoms with Crippen LogP contribution >= 0.6 is 12.4 Å². The maximum absolute atomic E-state index is 8.91. The van der Waals surface area contributed by atoms with E-state index in [0.29, 0.717) is 12.1 Å².